The van der Waals surface area contributed by atoms with Crippen LogP contribution in [0.1, 0.15) is 31.7 Å². The molecule has 1 fully saturated rings. The van der Waals surface area contributed by atoms with Crippen LogP contribution in [0.2, 0.25) is 0 Å². The quantitative estimate of drug-likeness (QED) is 0.870. The van der Waals surface area contributed by atoms with Gasteiger partial charge in [0.05, 0.1) is 0 Å². The Morgan fingerprint density at radius 2 is 2.21 bits per heavy atom. The Labute approximate surface area is 94.0 Å². The van der Waals surface area contributed by atoms with Gasteiger partial charge in [-0.3, -0.25) is 0 Å². The van der Waals surface area contributed by atoms with E-state index in [-0.39, 0.29) is 0 Å². The molecule has 1 saturated carbocycles. The highest BCUT2D eigenvalue weighted by Gasteiger charge is 2.30. The highest BCUT2D eigenvalue weighted by atomic mass is 79.9. The smallest absolute Gasteiger partial charge is 0.0210 e. The van der Waals surface area contributed by atoms with Crippen molar-refractivity contribution in [3.8, 4) is 0 Å². The average molecular weight is 254 g/mol. The Balaban J connectivity index is 1.91. The van der Waals surface area contributed by atoms with E-state index >= 15 is 0 Å². The number of halogens is 1. The molecule has 0 aliphatic heterocycles. The standard InChI is InChI=1S/C12H16BrN/c1-12(6-3-7-12)14-9-10-4-2-5-11(13)8-10/h2,4-5,8,14H,3,6-7,9H2,1H3. The van der Waals surface area contributed by atoms with Gasteiger partial charge in [0, 0.05) is 16.6 Å². The van der Waals surface area contributed by atoms with Crippen LogP contribution in [0.4, 0.5) is 0 Å². The highest BCUT2D eigenvalue weighted by molar-refractivity contribution is 9.10. The summed E-state index contributed by atoms with van der Waals surface area (Å²) in [6.07, 6.45) is 4.02. The normalized spacial score (nSPS) is 19.0. The van der Waals surface area contributed by atoms with E-state index in [0.717, 1.165) is 11.0 Å². The van der Waals surface area contributed by atoms with Gasteiger partial charge < -0.3 is 5.32 Å². The van der Waals surface area contributed by atoms with Crippen LogP contribution in [0.3, 0.4) is 0 Å². The molecule has 2 heteroatoms. The van der Waals surface area contributed by atoms with Gasteiger partial charge in [0.2, 0.25) is 0 Å². The summed E-state index contributed by atoms with van der Waals surface area (Å²) in [5.74, 6) is 0. The fraction of sp³-hybridized carbons (Fsp3) is 0.500. The molecular formula is C12H16BrN. The van der Waals surface area contributed by atoms with Gasteiger partial charge in [-0.25, -0.2) is 0 Å². The van der Waals surface area contributed by atoms with Gasteiger partial charge >= 0.3 is 0 Å². The van der Waals surface area contributed by atoms with E-state index in [1.807, 2.05) is 0 Å². The molecule has 1 aromatic carbocycles. The largest absolute Gasteiger partial charge is 0.307 e. The highest BCUT2D eigenvalue weighted by Crippen LogP contribution is 2.31. The minimum absolute atomic E-state index is 0.405. The van der Waals surface area contributed by atoms with Crippen LogP contribution in [0.5, 0.6) is 0 Å². The molecule has 0 bridgehead atoms. The predicted molar refractivity (Wildman–Crippen MR) is 63.2 cm³/mol. The molecule has 0 unspecified atom stereocenters. The van der Waals surface area contributed by atoms with Crippen LogP contribution in [-0.4, -0.2) is 5.54 Å². The first-order chi connectivity index (χ1) is 6.68. The third-order valence-electron chi connectivity index (χ3n) is 3.07. The zero-order valence-electron chi connectivity index (χ0n) is 8.52. The third-order valence-corrected chi connectivity index (χ3v) is 3.56. The van der Waals surface area contributed by atoms with E-state index in [1.54, 1.807) is 0 Å². The van der Waals surface area contributed by atoms with Gasteiger partial charge in [-0.15, -0.1) is 0 Å². The van der Waals surface area contributed by atoms with Crippen molar-refractivity contribution >= 4 is 15.9 Å². The van der Waals surface area contributed by atoms with Gasteiger partial charge in [0.1, 0.15) is 0 Å². The van der Waals surface area contributed by atoms with Crippen LogP contribution in [0.15, 0.2) is 28.7 Å². The monoisotopic (exact) mass is 253 g/mol. The molecule has 1 aromatic rings. The topological polar surface area (TPSA) is 12.0 Å². The molecule has 0 atom stereocenters. The van der Waals surface area contributed by atoms with Gasteiger partial charge in [-0.05, 0) is 43.9 Å². The van der Waals surface area contributed by atoms with Crippen molar-refractivity contribution in [3.63, 3.8) is 0 Å². The molecule has 1 nitrogen and oxygen atoms in total. The summed E-state index contributed by atoms with van der Waals surface area (Å²) in [5, 5.41) is 3.62. The van der Waals surface area contributed by atoms with Crippen molar-refractivity contribution in [2.45, 2.75) is 38.3 Å². The first-order valence-electron chi connectivity index (χ1n) is 5.17. The van der Waals surface area contributed by atoms with E-state index in [1.165, 1.54) is 24.8 Å². The molecule has 0 radical (unpaired) electrons. The first kappa shape index (κ1) is 10.2. The lowest BCUT2D eigenvalue weighted by atomic mass is 9.78. The van der Waals surface area contributed by atoms with E-state index in [2.05, 4.69) is 52.4 Å². The second kappa shape index (κ2) is 4.03. The summed E-state index contributed by atoms with van der Waals surface area (Å²) in [7, 11) is 0. The van der Waals surface area contributed by atoms with Gasteiger partial charge in [-0.1, -0.05) is 28.1 Å². The van der Waals surface area contributed by atoms with Crippen molar-refractivity contribution in [1.82, 2.24) is 5.32 Å². The Bertz CT molecular complexity index is 318. The van der Waals surface area contributed by atoms with Gasteiger partial charge in [-0.2, -0.15) is 0 Å². The molecule has 14 heavy (non-hydrogen) atoms. The SMILES string of the molecule is CC1(NCc2cccc(Br)c2)CCC1. The molecule has 1 N–H and O–H groups in total. The zero-order valence-corrected chi connectivity index (χ0v) is 10.1. The Morgan fingerprint density at radius 3 is 2.79 bits per heavy atom. The molecule has 1 aliphatic carbocycles. The maximum Gasteiger partial charge on any atom is 0.0210 e. The minimum atomic E-state index is 0.405. The molecule has 0 saturated heterocycles. The predicted octanol–water partition coefficient (Wildman–Crippen LogP) is 3.48. The Kier molecular flexibility index (Phi) is 2.93. The van der Waals surface area contributed by atoms with Crippen molar-refractivity contribution in [3.05, 3.63) is 34.3 Å². The van der Waals surface area contributed by atoms with Crippen LogP contribution >= 0.6 is 15.9 Å². The molecule has 1 aliphatic rings. The lowest BCUT2D eigenvalue weighted by molar-refractivity contribution is 0.207. The van der Waals surface area contributed by atoms with Crippen molar-refractivity contribution in [1.29, 1.82) is 0 Å². The van der Waals surface area contributed by atoms with Crippen molar-refractivity contribution in [2.24, 2.45) is 0 Å². The second-order valence-electron chi connectivity index (χ2n) is 4.40. The van der Waals surface area contributed by atoms with Crippen molar-refractivity contribution in [2.75, 3.05) is 0 Å². The molecule has 0 spiro atoms. The summed E-state index contributed by atoms with van der Waals surface area (Å²) in [6.45, 7) is 3.30. The zero-order chi connectivity index (χ0) is 10.0. The van der Waals surface area contributed by atoms with E-state index in [9.17, 15) is 0 Å². The van der Waals surface area contributed by atoms with E-state index in [4.69, 9.17) is 0 Å². The number of benzene rings is 1. The fourth-order valence-corrected chi connectivity index (χ4v) is 2.29. The Morgan fingerprint density at radius 1 is 1.43 bits per heavy atom. The molecular weight excluding hydrogens is 238 g/mol. The average Bonchev–Trinajstić information content (AvgIpc) is 2.12. The van der Waals surface area contributed by atoms with Gasteiger partial charge in [0.15, 0.2) is 0 Å². The van der Waals surface area contributed by atoms with Crippen LogP contribution in [-0.2, 0) is 6.54 Å². The molecule has 0 aromatic heterocycles. The summed E-state index contributed by atoms with van der Waals surface area (Å²) >= 11 is 3.49. The molecule has 0 heterocycles. The molecule has 76 valence electrons. The number of nitrogens with one attached hydrogen (secondary N) is 1. The number of hydrogen-bond acceptors (Lipinski definition) is 1. The number of rotatable bonds is 3. The second-order valence-corrected chi connectivity index (χ2v) is 5.31. The summed E-state index contributed by atoms with van der Waals surface area (Å²) < 4.78 is 1.16. The lowest BCUT2D eigenvalue weighted by Gasteiger charge is -2.39. The fourth-order valence-electron chi connectivity index (χ4n) is 1.85. The van der Waals surface area contributed by atoms with Crippen LogP contribution < -0.4 is 5.32 Å². The van der Waals surface area contributed by atoms with E-state index in [0.29, 0.717) is 5.54 Å². The summed E-state index contributed by atoms with van der Waals surface area (Å²) in [6, 6.07) is 8.49. The third kappa shape index (κ3) is 2.37. The maximum atomic E-state index is 3.62. The molecule has 2 rings (SSSR count). The van der Waals surface area contributed by atoms with Crippen molar-refractivity contribution < 1.29 is 0 Å². The number of hydrogen-bond donors (Lipinski definition) is 1. The minimum Gasteiger partial charge on any atom is -0.307 e. The van der Waals surface area contributed by atoms with E-state index < -0.39 is 0 Å². The maximum absolute atomic E-state index is 3.62. The molecule has 0 amide bonds. The van der Waals surface area contributed by atoms with Crippen LogP contribution in [0, 0.1) is 0 Å². The summed E-state index contributed by atoms with van der Waals surface area (Å²) in [5.41, 5.74) is 1.76. The lowest BCUT2D eigenvalue weighted by Crippen LogP contribution is -2.47. The summed E-state index contributed by atoms with van der Waals surface area (Å²) in [4.78, 5) is 0. The first-order valence-corrected chi connectivity index (χ1v) is 5.97. The van der Waals surface area contributed by atoms with Crippen LogP contribution in [0.25, 0.3) is 0 Å². The van der Waals surface area contributed by atoms with Gasteiger partial charge in [0.25, 0.3) is 0 Å². The Hall–Kier alpha value is -0.340.